The van der Waals surface area contributed by atoms with E-state index in [4.69, 9.17) is 5.11 Å². The maximum atomic E-state index is 12.7. The van der Waals surface area contributed by atoms with Gasteiger partial charge < -0.3 is 10.4 Å². The highest BCUT2D eigenvalue weighted by atomic mass is 19.4. The summed E-state index contributed by atoms with van der Waals surface area (Å²) in [4.78, 5) is 11.9. The SMILES string of the molecule is CC(CCCO)NC(=O)CC(C)c1cccc(C(F)(F)F)c1. The second kappa shape index (κ2) is 8.17. The number of aliphatic hydroxyl groups is 1. The van der Waals surface area contributed by atoms with E-state index in [0.29, 0.717) is 18.4 Å². The highest BCUT2D eigenvalue weighted by molar-refractivity contribution is 5.77. The van der Waals surface area contributed by atoms with E-state index in [1.54, 1.807) is 13.0 Å². The highest BCUT2D eigenvalue weighted by Gasteiger charge is 2.30. The molecule has 0 radical (unpaired) electrons. The van der Waals surface area contributed by atoms with E-state index < -0.39 is 11.7 Å². The predicted octanol–water partition coefficient (Wildman–Crippen LogP) is 3.48. The summed E-state index contributed by atoms with van der Waals surface area (Å²) in [5, 5.41) is 11.5. The number of amides is 1. The largest absolute Gasteiger partial charge is 0.416 e. The van der Waals surface area contributed by atoms with Gasteiger partial charge in [-0.05, 0) is 37.3 Å². The third-order valence-corrected chi connectivity index (χ3v) is 3.48. The van der Waals surface area contributed by atoms with Crippen LogP contribution in [0.25, 0.3) is 0 Å². The molecule has 22 heavy (non-hydrogen) atoms. The van der Waals surface area contributed by atoms with Crippen LogP contribution in [0.3, 0.4) is 0 Å². The van der Waals surface area contributed by atoms with Gasteiger partial charge in [-0.15, -0.1) is 0 Å². The van der Waals surface area contributed by atoms with E-state index in [9.17, 15) is 18.0 Å². The maximum absolute atomic E-state index is 12.7. The highest BCUT2D eigenvalue weighted by Crippen LogP contribution is 2.31. The normalized spacial score (nSPS) is 14.5. The van der Waals surface area contributed by atoms with E-state index in [-0.39, 0.29) is 30.9 Å². The summed E-state index contributed by atoms with van der Waals surface area (Å²) in [6.07, 6.45) is -2.98. The first-order valence-electron chi connectivity index (χ1n) is 7.31. The lowest BCUT2D eigenvalue weighted by Crippen LogP contribution is -2.33. The number of rotatable bonds is 7. The molecule has 0 aromatic heterocycles. The number of aliphatic hydroxyl groups excluding tert-OH is 1. The second-order valence-electron chi connectivity index (χ2n) is 5.56. The van der Waals surface area contributed by atoms with Gasteiger partial charge in [0.15, 0.2) is 0 Å². The minimum Gasteiger partial charge on any atom is -0.396 e. The van der Waals surface area contributed by atoms with Crippen LogP contribution >= 0.6 is 0 Å². The maximum Gasteiger partial charge on any atom is 0.416 e. The molecule has 1 aromatic rings. The van der Waals surface area contributed by atoms with E-state index in [1.807, 2.05) is 6.92 Å². The lowest BCUT2D eigenvalue weighted by Gasteiger charge is -2.17. The minimum absolute atomic E-state index is 0.0617. The van der Waals surface area contributed by atoms with Gasteiger partial charge in [0.2, 0.25) is 5.91 Å². The van der Waals surface area contributed by atoms with Crippen molar-refractivity contribution in [3.05, 3.63) is 35.4 Å². The van der Waals surface area contributed by atoms with Gasteiger partial charge in [-0.1, -0.05) is 25.1 Å². The zero-order valence-electron chi connectivity index (χ0n) is 12.8. The molecule has 0 aliphatic rings. The fraction of sp³-hybridized carbons (Fsp3) is 0.562. The summed E-state index contributed by atoms with van der Waals surface area (Å²) in [6.45, 7) is 3.64. The molecular formula is C16H22F3NO2. The average molecular weight is 317 g/mol. The molecule has 0 heterocycles. The van der Waals surface area contributed by atoms with Crippen molar-refractivity contribution < 1.29 is 23.1 Å². The predicted molar refractivity (Wildman–Crippen MR) is 78.4 cm³/mol. The molecule has 0 spiro atoms. The topological polar surface area (TPSA) is 49.3 Å². The number of hydrogen-bond acceptors (Lipinski definition) is 2. The van der Waals surface area contributed by atoms with Gasteiger partial charge in [0.25, 0.3) is 0 Å². The van der Waals surface area contributed by atoms with Crippen LogP contribution in [0.15, 0.2) is 24.3 Å². The summed E-state index contributed by atoms with van der Waals surface area (Å²) >= 11 is 0. The molecular weight excluding hydrogens is 295 g/mol. The van der Waals surface area contributed by atoms with Crippen LogP contribution in [0.2, 0.25) is 0 Å². The fourth-order valence-electron chi connectivity index (χ4n) is 2.22. The van der Waals surface area contributed by atoms with Crippen molar-refractivity contribution in [2.75, 3.05) is 6.61 Å². The Morgan fingerprint density at radius 1 is 1.32 bits per heavy atom. The van der Waals surface area contributed by atoms with Crippen LogP contribution in [-0.2, 0) is 11.0 Å². The number of carbonyl (C=O) groups is 1. The number of alkyl halides is 3. The van der Waals surface area contributed by atoms with Gasteiger partial charge in [-0.25, -0.2) is 0 Å². The number of carbonyl (C=O) groups excluding carboxylic acids is 1. The Morgan fingerprint density at radius 3 is 2.59 bits per heavy atom. The van der Waals surface area contributed by atoms with E-state index in [1.165, 1.54) is 6.07 Å². The summed E-state index contributed by atoms with van der Waals surface area (Å²) < 4.78 is 38.1. The van der Waals surface area contributed by atoms with E-state index in [0.717, 1.165) is 12.1 Å². The molecule has 1 aromatic carbocycles. The molecule has 2 atom stereocenters. The van der Waals surface area contributed by atoms with Crippen molar-refractivity contribution in [2.24, 2.45) is 0 Å². The molecule has 124 valence electrons. The second-order valence-corrected chi connectivity index (χ2v) is 5.56. The van der Waals surface area contributed by atoms with Crippen LogP contribution in [0.5, 0.6) is 0 Å². The zero-order chi connectivity index (χ0) is 16.8. The summed E-state index contributed by atoms with van der Waals surface area (Å²) in [5.41, 5.74) is -0.207. The quantitative estimate of drug-likeness (QED) is 0.809. The van der Waals surface area contributed by atoms with Crippen molar-refractivity contribution in [1.29, 1.82) is 0 Å². The Morgan fingerprint density at radius 2 is 2.00 bits per heavy atom. The van der Waals surface area contributed by atoms with Gasteiger partial charge in [0, 0.05) is 19.1 Å². The van der Waals surface area contributed by atoms with Crippen molar-refractivity contribution >= 4 is 5.91 Å². The lowest BCUT2D eigenvalue weighted by atomic mass is 9.95. The van der Waals surface area contributed by atoms with Crippen LogP contribution in [0.4, 0.5) is 13.2 Å². The molecule has 0 saturated carbocycles. The standard InChI is InChI=1S/C16H22F3NO2/c1-11(9-15(22)20-12(2)5-4-8-21)13-6-3-7-14(10-13)16(17,18)19/h3,6-7,10-12,21H,4-5,8-9H2,1-2H3,(H,20,22). The Bertz CT molecular complexity index is 489. The first-order chi connectivity index (χ1) is 10.2. The van der Waals surface area contributed by atoms with Gasteiger partial charge in [-0.2, -0.15) is 13.2 Å². The van der Waals surface area contributed by atoms with E-state index >= 15 is 0 Å². The number of benzene rings is 1. The molecule has 6 heteroatoms. The Hall–Kier alpha value is -1.56. The van der Waals surface area contributed by atoms with Crippen LogP contribution in [-0.4, -0.2) is 23.7 Å². The molecule has 1 rings (SSSR count). The first kappa shape index (κ1) is 18.5. The Balaban J connectivity index is 2.61. The molecule has 0 saturated heterocycles. The first-order valence-corrected chi connectivity index (χ1v) is 7.31. The number of hydrogen-bond donors (Lipinski definition) is 2. The molecule has 0 bridgehead atoms. The van der Waals surface area contributed by atoms with Crippen LogP contribution in [0.1, 0.15) is 50.2 Å². The average Bonchev–Trinajstić information content (AvgIpc) is 2.44. The van der Waals surface area contributed by atoms with Gasteiger partial charge in [0.05, 0.1) is 5.56 Å². The molecule has 0 fully saturated rings. The summed E-state index contributed by atoms with van der Waals surface area (Å²) in [7, 11) is 0. The van der Waals surface area contributed by atoms with Gasteiger partial charge in [0.1, 0.15) is 0 Å². The van der Waals surface area contributed by atoms with Gasteiger partial charge in [-0.3, -0.25) is 4.79 Å². The third kappa shape index (κ3) is 6.05. The van der Waals surface area contributed by atoms with E-state index in [2.05, 4.69) is 5.32 Å². The number of halogens is 3. The number of nitrogens with one attached hydrogen (secondary N) is 1. The molecule has 2 N–H and O–H groups in total. The lowest BCUT2D eigenvalue weighted by molar-refractivity contribution is -0.137. The smallest absolute Gasteiger partial charge is 0.396 e. The summed E-state index contributed by atoms with van der Waals surface area (Å²) in [5.74, 6) is -0.498. The molecule has 0 aliphatic heterocycles. The molecule has 3 nitrogen and oxygen atoms in total. The Labute approximate surface area is 128 Å². The fourth-order valence-corrected chi connectivity index (χ4v) is 2.22. The van der Waals surface area contributed by atoms with Crippen LogP contribution in [0, 0.1) is 0 Å². The van der Waals surface area contributed by atoms with Crippen LogP contribution < -0.4 is 5.32 Å². The zero-order valence-corrected chi connectivity index (χ0v) is 12.8. The van der Waals surface area contributed by atoms with Gasteiger partial charge >= 0.3 is 6.18 Å². The molecule has 1 amide bonds. The van der Waals surface area contributed by atoms with Crippen molar-refractivity contribution in [3.8, 4) is 0 Å². The van der Waals surface area contributed by atoms with Crippen molar-refractivity contribution in [2.45, 2.75) is 51.2 Å². The third-order valence-electron chi connectivity index (χ3n) is 3.48. The molecule has 0 aliphatic carbocycles. The minimum atomic E-state index is -4.38. The van der Waals surface area contributed by atoms with Crippen molar-refractivity contribution in [1.82, 2.24) is 5.32 Å². The summed E-state index contributed by atoms with van der Waals surface area (Å²) in [6, 6.07) is 5.01. The Kier molecular flexibility index (Phi) is 6.87. The molecule has 2 unspecified atom stereocenters. The van der Waals surface area contributed by atoms with Crippen molar-refractivity contribution in [3.63, 3.8) is 0 Å². The monoisotopic (exact) mass is 317 g/mol.